The highest BCUT2D eigenvalue weighted by Gasteiger charge is 2.47. The predicted molar refractivity (Wildman–Crippen MR) is 97.1 cm³/mol. The van der Waals surface area contributed by atoms with Gasteiger partial charge in [0.1, 0.15) is 0 Å². The van der Waals surface area contributed by atoms with Crippen LogP contribution in [0.2, 0.25) is 0 Å². The second-order valence-corrected chi connectivity index (χ2v) is 7.70. The molecule has 4 heterocycles. The quantitative estimate of drug-likeness (QED) is 0.881. The van der Waals surface area contributed by atoms with Gasteiger partial charge in [-0.05, 0) is 25.7 Å². The number of halogens is 1. The van der Waals surface area contributed by atoms with E-state index in [0.29, 0.717) is 30.8 Å². The Hall–Kier alpha value is -2.71. The lowest BCUT2D eigenvalue weighted by Gasteiger charge is -2.41. The molecule has 2 bridgehead atoms. The molecular weight excluding hydrogens is 349 g/mol. The van der Waals surface area contributed by atoms with Gasteiger partial charge in [0.15, 0.2) is 11.6 Å². The summed E-state index contributed by atoms with van der Waals surface area (Å²) < 4.78 is 16.1. The summed E-state index contributed by atoms with van der Waals surface area (Å²) >= 11 is 0. The number of hydrogen-bond donors (Lipinski definition) is 1. The third-order valence-corrected chi connectivity index (χ3v) is 5.65. The van der Waals surface area contributed by atoms with Gasteiger partial charge in [-0.1, -0.05) is 0 Å². The minimum atomic E-state index is -0.437. The Bertz CT molecular complexity index is 866. The average Bonchev–Trinajstić information content (AvgIpc) is 3.37. The first-order valence-corrected chi connectivity index (χ1v) is 9.44. The number of carbonyl (C=O) groups is 1. The number of rotatable bonds is 4. The summed E-state index contributed by atoms with van der Waals surface area (Å²) in [5.41, 5.74) is 0.745. The molecule has 3 fully saturated rings. The molecule has 2 atom stereocenters. The van der Waals surface area contributed by atoms with E-state index in [4.69, 9.17) is 0 Å². The zero-order valence-corrected chi connectivity index (χ0v) is 15.2. The average molecular weight is 371 g/mol. The van der Waals surface area contributed by atoms with Crippen LogP contribution in [0.15, 0.2) is 18.6 Å². The van der Waals surface area contributed by atoms with Gasteiger partial charge in [-0.25, -0.2) is 9.37 Å². The maximum absolute atomic E-state index is 14.5. The Morgan fingerprint density at radius 2 is 1.93 bits per heavy atom. The molecule has 1 aliphatic carbocycles. The fourth-order valence-electron chi connectivity index (χ4n) is 4.23. The van der Waals surface area contributed by atoms with E-state index < -0.39 is 5.82 Å². The highest BCUT2D eigenvalue weighted by molar-refractivity contribution is 5.82. The Labute approximate surface area is 156 Å². The van der Waals surface area contributed by atoms with Gasteiger partial charge in [0, 0.05) is 44.3 Å². The maximum atomic E-state index is 14.5. The normalized spacial score (nSPS) is 24.4. The molecule has 0 unspecified atom stereocenters. The second kappa shape index (κ2) is 6.17. The molecule has 2 saturated heterocycles. The molecule has 0 spiro atoms. The van der Waals surface area contributed by atoms with Crippen LogP contribution in [0, 0.1) is 11.7 Å². The topological polar surface area (TPSA) is 79.2 Å². The van der Waals surface area contributed by atoms with Gasteiger partial charge >= 0.3 is 0 Å². The van der Waals surface area contributed by atoms with E-state index in [1.807, 2.05) is 11.9 Å². The van der Waals surface area contributed by atoms with Crippen molar-refractivity contribution < 1.29 is 9.18 Å². The minimum Gasteiger partial charge on any atom is -0.350 e. The first-order valence-electron chi connectivity index (χ1n) is 9.44. The van der Waals surface area contributed by atoms with Gasteiger partial charge in [0.2, 0.25) is 11.9 Å². The van der Waals surface area contributed by atoms with Crippen molar-refractivity contribution >= 4 is 23.4 Å². The van der Waals surface area contributed by atoms with Gasteiger partial charge in [0.25, 0.3) is 0 Å². The number of anilines is 3. The summed E-state index contributed by atoms with van der Waals surface area (Å²) in [6, 6.07) is 0.307. The number of nitrogens with one attached hydrogen (secondary N) is 1. The third kappa shape index (κ3) is 3.00. The molecule has 2 aliphatic heterocycles. The molecule has 1 amide bonds. The van der Waals surface area contributed by atoms with E-state index in [1.165, 1.54) is 6.20 Å². The highest BCUT2D eigenvalue weighted by Crippen LogP contribution is 2.39. The third-order valence-electron chi connectivity index (χ3n) is 5.65. The van der Waals surface area contributed by atoms with E-state index in [1.54, 1.807) is 17.1 Å². The number of aryl methyl sites for hydroxylation is 1. The van der Waals surface area contributed by atoms with Crippen molar-refractivity contribution in [2.24, 2.45) is 13.0 Å². The summed E-state index contributed by atoms with van der Waals surface area (Å²) in [7, 11) is 1.82. The molecule has 3 aliphatic rings. The lowest BCUT2D eigenvalue weighted by molar-refractivity contribution is -0.135. The zero-order chi connectivity index (χ0) is 18.5. The van der Waals surface area contributed by atoms with Crippen molar-refractivity contribution in [2.45, 2.75) is 37.8 Å². The van der Waals surface area contributed by atoms with Crippen LogP contribution in [0.25, 0.3) is 0 Å². The summed E-state index contributed by atoms with van der Waals surface area (Å²) in [5, 5.41) is 7.15. The van der Waals surface area contributed by atoms with Crippen molar-refractivity contribution in [1.29, 1.82) is 0 Å². The zero-order valence-electron chi connectivity index (χ0n) is 15.2. The van der Waals surface area contributed by atoms with E-state index in [2.05, 4.69) is 25.3 Å². The Morgan fingerprint density at radius 3 is 2.56 bits per heavy atom. The number of piperazine rings is 1. The summed E-state index contributed by atoms with van der Waals surface area (Å²) in [4.78, 5) is 25.1. The molecular formula is C18H22FN7O. The van der Waals surface area contributed by atoms with Crippen LogP contribution in [0.1, 0.15) is 25.7 Å². The minimum absolute atomic E-state index is 0.154. The second-order valence-electron chi connectivity index (χ2n) is 7.70. The van der Waals surface area contributed by atoms with Crippen LogP contribution in [0.3, 0.4) is 0 Å². The van der Waals surface area contributed by atoms with E-state index in [9.17, 15) is 9.18 Å². The molecule has 0 radical (unpaired) electrons. The molecule has 5 rings (SSSR count). The molecule has 1 saturated carbocycles. The number of amides is 1. The number of carbonyl (C=O) groups excluding carboxylic acids is 1. The van der Waals surface area contributed by atoms with Gasteiger partial charge in [-0.15, -0.1) is 0 Å². The van der Waals surface area contributed by atoms with Crippen LogP contribution in [-0.4, -0.2) is 55.7 Å². The smallest absolute Gasteiger partial charge is 0.229 e. The Morgan fingerprint density at radius 1 is 1.19 bits per heavy atom. The van der Waals surface area contributed by atoms with Crippen LogP contribution >= 0.6 is 0 Å². The molecule has 27 heavy (non-hydrogen) atoms. The van der Waals surface area contributed by atoms with E-state index in [-0.39, 0.29) is 18.0 Å². The monoisotopic (exact) mass is 371 g/mol. The lowest BCUT2D eigenvalue weighted by Crippen LogP contribution is -2.56. The summed E-state index contributed by atoms with van der Waals surface area (Å²) in [6.45, 7) is 1.24. The fraction of sp³-hybridized carbons (Fsp3) is 0.556. The van der Waals surface area contributed by atoms with Crippen LogP contribution in [-0.2, 0) is 11.8 Å². The van der Waals surface area contributed by atoms with Gasteiger partial charge in [-0.3, -0.25) is 9.48 Å². The number of nitrogens with zero attached hydrogens (tertiary/aromatic N) is 6. The molecule has 8 nitrogen and oxygen atoms in total. The molecule has 142 valence electrons. The molecule has 2 aromatic rings. The standard InChI is InChI=1S/C18H22FN7O/c1-24-8-12(6-21-24)22-18-20-7-15(19)16(23-18)25-9-13-4-5-14(10-25)26(13)17(27)11-2-3-11/h6-8,11,13-14H,2-5,9-10H2,1H3,(H,20,22,23)/t13-,14+. The van der Waals surface area contributed by atoms with Crippen molar-refractivity contribution in [3.63, 3.8) is 0 Å². The van der Waals surface area contributed by atoms with Gasteiger partial charge < -0.3 is 15.1 Å². The largest absolute Gasteiger partial charge is 0.350 e. The molecule has 2 aromatic heterocycles. The number of hydrogen-bond acceptors (Lipinski definition) is 6. The predicted octanol–water partition coefficient (Wildman–Crippen LogP) is 1.68. The van der Waals surface area contributed by atoms with Crippen molar-refractivity contribution in [2.75, 3.05) is 23.3 Å². The molecule has 0 aromatic carbocycles. The van der Waals surface area contributed by atoms with Crippen molar-refractivity contribution in [3.8, 4) is 0 Å². The fourth-order valence-corrected chi connectivity index (χ4v) is 4.23. The number of aromatic nitrogens is 4. The molecule has 9 heteroatoms. The SMILES string of the molecule is Cn1cc(Nc2ncc(F)c(N3C[C@H]4CC[C@@H](C3)N4C(=O)C3CC3)n2)cn1. The van der Waals surface area contributed by atoms with E-state index >= 15 is 0 Å². The Kier molecular flexibility index (Phi) is 3.76. The lowest BCUT2D eigenvalue weighted by atomic mass is 10.1. The van der Waals surface area contributed by atoms with Crippen molar-refractivity contribution in [3.05, 3.63) is 24.4 Å². The van der Waals surface area contributed by atoms with Crippen molar-refractivity contribution in [1.82, 2.24) is 24.6 Å². The summed E-state index contributed by atoms with van der Waals surface area (Å²) in [6.07, 6.45) is 8.65. The first kappa shape index (κ1) is 16.5. The number of fused-ring (bicyclic) bond motifs is 2. The summed E-state index contributed by atoms with van der Waals surface area (Å²) in [5.74, 6) is 0.720. The Balaban J connectivity index is 1.36. The van der Waals surface area contributed by atoms with Crippen LogP contribution in [0.4, 0.5) is 21.8 Å². The molecule has 1 N–H and O–H groups in total. The van der Waals surface area contributed by atoms with E-state index in [0.717, 1.165) is 31.4 Å². The first-order chi connectivity index (χ1) is 13.1. The van der Waals surface area contributed by atoms with Crippen LogP contribution < -0.4 is 10.2 Å². The van der Waals surface area contributed by atoms with Crippen LogP contribution in [0.5, 0.6) is 0 Å². The maximum Gasteiger partial charge on any atom is 0.229 e. The highest BCUT2D eigenvalue weighted by atomic mass is 19.1. The van der Waals surface area contributed by atoms with Gasteiger partial charge in [-0.2, -0.15) is 10.1 Å². The van der Waals surface area contributed by atoms with Gasteiger partial charge in [0.05, 0.1) is 18.1 Å².